The van der Waals surface area contributed by atoms with Gasteiger partial charge >= 0.3 is 5.97 Å². The lowest BCUT2D eigenvalue weighted by molar-refractivity contribution is -0.385. The number of aryl methyl sites for hydroxylation is 2. The van der Waals surface area contributed by atoms with E-state index in [1.165, 1.54) is 6.07 Å². The summed E-state index contributed by atoms with van der Waals surface area (Å²) in [6.45, 7) is 3.73. The molecule has 0 radical (unpaired) electrons. The van der Waals surface area contributed by atoms with E-state index in [4.69, 9.17) is 9.84 Å². The van der Waals surface area contributed by atoms with Crippen molar-refractivity contribution in [3.8, 4) is 11.5 Å². The largest absolute Gasteiger partial charge is 0.477 e. The van der Waals surface area contributed by atoms with Gasteiger partial charge in [0.15, 0.2) is 0 Å². The van der Waals surface area contributed by atoms with E-state index in [9.17, 15) is 14.9 Å². The van der Waals surface area contributed by atoms with Crippen LogP contribution in [0.5, 0.6) is 11.5 Å². The van der Waals surface area contributed by atoms with Gasteiger partial charge < -0.3 is 9.84 Å². The van der Waals surface area contributed by atoms with E-state index in [0.717, 1.165) is 23.3 Å². The molecule has 0 saturated carbocycles. The zero-order chi connectivity index (χ0) is 15.6. The predicted molar refractivity (Wildman–Crippen MR) is 76.0 cm³/mol. The zero-order valence-electron chi connectivity index (χ0n) is 11.5. The van der Waals surface area contributed by atoms with Gasteiger partial charge in [0.25, 0.3) is 5.69 Å². The number of carboxylic acid groups (broad SMARTS) is 1. The van der Waals surface area contributed by atoms with Gasteiger partial charge in [0.2, 0.25) is 0 Å². The lowest BCUT2D eigenvalue weighted by Crippen LogP contribution is -2.03. The van der Waals surface area contributed by atoms with Crippen LogP contribution >= 0.6 is 0 Å². The molecule has 2 rings (SSSR count). The van der Waals surface area contributed by atoms with Crippen molar-refractivity contribution < 1.29 is 19.6 Å². The van der Waals surface area contributed by atoms with E-state index in [1.807, 2.05) is 32.0 Å². The third kappa shape index (κ3) is 3.00. The summed E-state index contributed by atoms with van der Waals surface area (Å²) in [5.74, 6) is -0.508. The predicted octanol–water partition coefficient (Wildman–Crippen LogP) is 3.70. The van der Waals surface area contributed by atoms with Crippen molar-refractivity contribution in [2.45, 2.75) is 13.8 Å². The van der Waals surface area contributed by atoms with Gasteiger partial charge in [-0.3, -0.25) is 10.1 Å². The molecule has 2 aromatic rings. The Bertz CT molecular complexity index is 704. The number of benzene rings is 2. The van der Waals surface area contributed by atoms with Crippen LogP contribution in [0.25, 0.3) is 0 Å². The van der Waals surface area contributed by atoms with Crippen molar-refractivity contribution in [2.75, 3.05) is 0 Å². The average molecular weight is 287 g/mol. The number of hydrogen-bond acceptors (Lipinski definition) is 4. The average Bonchev–Trinajstić information content (AvgIpc) is 2.42. The van der Waals surface area contributed by atoms with Gasteiger partial charge in [0.1, 0.15) is 17.1 Å². The number of aromatic carboxylic acids is 1. The van der Waals surface area contributed by atoms with Crippen LogP contribution in [0.2, 0.25) is 0 Å². The molecule has 2 aromatic carbocycles. The van der Waals surface area contributed by atoms with E-state index in [-0.39, 0.29) is 5.75 Å². The molecule has 0 bridgehead atoms. The van der Waals surface area contributed by atoms with Gasteiger partial charge in [-0.25, -0.2) is 4.79 Å². The van der Waals surface area contributed by atoms with Crippen molar-refractivity contribution in [2.24, 2.45) is 0 Å². The van der Waals surface area contributed by atoms with Crippen LogP contribution in [-0.2, 0) is 0 Å². The second-order valence-electron chi connectivity index (χ2n) is 4.56. The quantitative estimate of drug-likeness (QED) is 0.684. The summed E-state index contributed by atoms with van der Waals surface area (Å²) in [5.41, 5.74) is 0.926. The molecule has 0 aromatic heterocycles. The van der Waals surface area contributed by atoms with Crippen LogP contribution in [0, 0.1) is 24.0 Å². The smallest absolute Gasteiger partial charge is 0.342 e. The molecule has 0 aliphatic rings. The Labute approximate surface area is 120 Å². The number of nitro benzene ring substituents is 1. The highest BCUT2D eigenvalue weighted by atomic mass is 16.6. The molecule has 1 N–H and O–H groups in total. The number of carbonyl (C=O) groups is 1. The highest BCUT2D eigenvalue weighted by Gasteiger charge is 2.20. The second-order valence-corrected chi connectivity index (χ2v) is 4.56. The molecule has 0 saturated heterocycles. The molecular weight excluding hydrogens is 274 g/mol. The van der Waals surface area contributed by atoms with Crippen LogP contribution in [0.1, 0.15) is 21.5 Å². The summed E-state index contributed by atoms with van der Waals surface area (Å²) in [7, 11) is 0. The van der Waals surface area contributed by atoms with Gasteiger partial charge in [-0.05, 0) is 31.0 Å². The Kier molecular flexibility index (Phi) is 3.89. The highest BCUT2D eigenvalue weighted by molar-refractivity contribution is 5.92. The Morgan fingerprint density at radius 2 is 1.81 bits per heavy atom. The second kappa shape index (κ2) is 5.62. The van der Waals surface area contributed by atoms with Crippen molar-refractivity contribution in [1.82, 2.24) is 0 Å². The molecule has 0 aliphatic carbocycles. The minimum absolute atomic E-state index is 0.246. The molecular formula is C15H13NO5. The molecule has 0 spiro atoms. The number of rotatable bonds is 4. The molecule has 108 valence electrons. The van der Waals surface area contributed by atoms with E-state index >= 15 is 0 Å². The Balaban J connectivity index is 2.44. The Morgan fingerprint density at radius 1 is 1.19 bits per heavy atom. The summed E-state index contributed by atoms with van der Waals surface area (Å²) in [5, 5.41) is 19.9. The normalized spacial score (nSPS) is 10.2. The topological polar surface area (TPSA) is 89.7 Å². The number of carboxylic acids is 1. The number of hydrogen-bond donors (Lipinski definition) is 1. The van der Waals surface area contributed by atoms with E-state index in [1.54, 1.807) is 0 Å². The maximum atomic E-state index is 11.1. The van der Waals surface area contributed by atoms with E-state index in [0.29, 0.717) is 5.75 Å². The van der Waals surface area contributed by atoms with Gasteiger partial charge in [0, 0.05) is 12.1 Å². The van der Waals surface area contributed by atoms with Gasteiger partial charge in [-0.2, -0.15) is 0 Å². The summed E-state index contributed by atoms with van der Waals surface area (Å²) < 4.78 is 5.68. The molecule has 21 heavy (non-hydrogen) atoms. The summed E-state index contributed by atoms with van der Waals surface area (Å²) in [6, 6.07) is 9.29. The first-order valence-corrected chi connectivity index (χ1v) is 6.16. The maximum absolute atomic E-state index is 11.1. The first kappa shape index (κ1) is 14.5. The lowest BCUT2D eigenvalue weighted by Gasteiger charge is -2.12. The molecule has 6 heteroatoms. The molecule has 0 fully saturated rings. The highest BCUT2D eigenvalue weighted by Crippen LogP contribution is 2.31. The van der Waals surface area contributed by atoms with Crippen LogP contribution in [0.3, 0.4) is 0 Å². The minimum Gasteiger partial charge on any atom is -0.477 e. The van der Waals surface area contributed by atoms with Crippen molar-refractivity contribution >= 4 is 11.7 Å². The molecule has 0 unspecified atom stereocenters. The van der Waals surface area contributed by atoms with Gasteiger partial charge in [-0.1, -0.05) is 18.2 Å². The fourth-order valence-corrected chi connectivity index (χ4v) is 1.99. The van der Waals surface area contributed by atoms with Gasteiger partial charge in [-0.15, -0.1) is 0 Å². The lowest BCUT2D eigenvalue weighted by atomic mass is 10.1. The van der Waals surface area contributed by atoms with Crippen molar-refractivity contribution in [3.63, 3.8) is 0 Å². The fourth-order valence-electron chi connectivity index (χ4n) is 1.99. The van der Waals surface area contributed by atoms with E-state index < -0.39 is 22.1 Å². The standard InChI is InChI=1S/C15H13NO5/c1-9-4-3-5-10(2)14(9)21-11-6-7-13(16(19)20)12(8-11)15(17)18/h3-8H,1-2H3,(H,17,18). The first-order valence-electron chi connectivity index (χ1n) is 6.16. The summed E-state index contributed by atoms with van der Waals surface area (Å²) >= 11 is 0. The molecule has 0 heterocycles. The summed E-state index contributed by atoms with van der Waals surface area (Å²) in [4.78, 5) is 21.2. The number of ether oxygens (including phenoxy) is 1. The monoisotopic (exact) mass is 287 g/mol. The summed E-state index contributed by atoms with van der Waals surface area (Å²) in [6.07, 6.45) is 0. The third-order valence-electron chi connectivity index (χ3n) is 3.02. The van der Waals surface area contributed by atoms with Crippen LogP contribution in [0.4, 0.5) is 5.69 Å². The number of nitrogens with zero attached hydrogens (tertiary/aromatic N) is 1. The minimum atomic E-state index is -1.37. The van der Waals surface area contributed by atoms with E-state index in [2.05, 4.69) is 0 Å². The molecule has 6 nitrogen and oxygen atoms in total. The van der Waals surface area contributed by atoms with Crippen LogP contribution in [0.15, 0.2) is 36.4 Å². The SMILES string of the molecule is Cc1cccc(C)c1Oc1ccc([N+](=O)[O-])c(C(=O)O)c1. The van der Waals surface area contributed by atoms with Crippen molar-refractivity contribution in [3.05, 3.63) is 63.2 Å². The Morgan fingerprint density at radius 3 is 2.33 bits per heavy atom. The molecule has 0 aliphatic heterocycles. The van der Waals surface area contributed by atoms with Crippen LogP contribution in [-0.4, -0.2) is 16.0 Å². The molecule has 0 atom stereocenters. The molecule has 0 amide bonds. The number of para-hydroxylation sites is 1. The van der Waals surface area contributed by atoms with Crippen molar-refractivity contribution in [1.29, 1.82) is 0 Å². The zero-order valence-corrected chi connectivity index (χ0v) is 11.5. The van der Waals surface area contributed by atoms with Crippen LogP contribution < -0.4 is 4.74 Å². The Hall–Kier alpha value is -2.89. The third-order valence-corrected chi connectivity index (χ3v) is 3.02. The fraction of sp³-hybridized carbons (Fsp3) is 0.133. The first-order chi connectivity index (χ1) is 9.90. The maximum Gasteiger partial charge on any atom is 0.342 e. The van der Waals surface area contributed by atoms with Gasteiger partial charge in [0.05, 0.1) is 4.92 Å². The number of nitro groups is 1.